The highest BCUT2D eigenvalue weighted by molar-refractivity contribution is 7.19. The molecule has 2 aliphatic rings. The van der Waals surface area contributed by atoms with Gasteiger partial charge in [0.1, 0.15) is 10.6 Å². The van der Waals surface area contributed by atoms with Crippen LogP contribution >= 0.6 is 22.7 Å². The third-order valence-electron chi connectivity index (χ3n) is 6.95. The van der Waals surface area contributed by atoms with E-state index in [4.69, 9.17) is 0 Å². The fourth-order valence-electron chi connectivity index (χ4n) is 5.14. The van der Waals surface area contributed by atoms with Gasteiger partial charge in [-0.15, -0.1) is 11.3 Å². The first-order chi connectivity index (χ1) is 16.4. The number of aromatic nitrogens is 3. The molecule has 1 N–H and O–H groups in total. The molecule has 4 heterocycles. The van der Waals surface area contributed by atoms with Crippen LogP contribution < -0.4 is 5.32 Å². The van der Waals surface area contributed by atoms with Crippen molar-refractivity contribution in [3.8, 4) is 10.4 Å². The van der Waals surface area contributed by atoms with Crippen molar-refractivity contribution < 1.29 is 9.59 Å². The molecular formula is C25H25N5O2S2. The van der Waals surface area contributed by atoms with E-state index in [0.717, 1.165) is 44.6 Å². The van der Waals surface area contributed by atoms with E-state index in [-0.39, 0.29) is 17.9 Å². The monoisotopic (exact) mass is 491 g/mol. The number of aryl methyl sites for hydroxylation is 3. The van der Waals surface area contributed by atoms with Crippen LogP contribution in [0.25, 0.3) is 15.4 Å². The predicted molar refractivity (Wildman–Crippen MR) is 134 cm³/mol. The Kier molecular flexibility index (Phi) is 5.07. The molecule has 0 radical (unpaired) electrons. The lowest BCUT2D eigenvalue weighted by atomic mass is 10.1. The number of imidazole rings is 1. The molecule has 0 spiro atoms. The maximum atomic E-state index is 13.7. The molecule has 34 heavy (non-hydrogen) atoms. The topological polar surface area (TPSA) is 79.6 Å². The van der Waals surface area contributed by atoms with Crippen molar-refractivity contribution in [3.05, 3.63) is 63.5 Å². The van der Waals surface area contributed by atoms with Gasteiger partial charge in [0, 0.05) is 31.2 Å². The summed E-state index contributed by atoms with van der Waals surface area (Å²) in [7, 11) is 0. The second kappa shape index (κ2) is 8.02. The molecule has 174 valence electrons. The zero-order valence-electron chi connectivity index (χ0n) is 19.2. The highest BCUT2D eigenvalue weighted by Gasteiger charge is 2.54. The third kappa shape index (κ3) is 3.54. The Morgan fingerprint density at radius 2 is 2.06 bits per heavy atom. The Balaban J connectivity index is 1.23. The van der Waals surface area contributed by atoms with Gasteiger partial charge in [-0.25, -0.2) is 9.97 Å². The maximum Gasteiger partial charge on any atom is 0.274 e. The Hall–Kier alpha value is -3.04. The summed E-state index contributed by atoms with van der Waals surface area (Å²) in [6, 6.07) is 8.21. The van der Waals surface area contributed by atoms with Gasteiger partial charge in [0.05, 0.1) is 15.9 Å². The normalized spacial score (nSPS) is 21.1. The number of benzene rings is 1. The number of nitrogens with zero attached hydrogens (tertiary/aromatic N) is 4. The number of carbonyl (C=O) groups is 2. The molecule has 1 saturated heterocycles. The van der Waals surface area contributed by atoms with Gasteiger partial charge in [-0.3, -0.25) is 14.0 Å². The molecule has 2 fully saturated rings. The van der Waals surface area contributed by atoms with Gasteiger partial charge in [-0.2, -0.15) is 0 Å². The number of fused-ring (bicyclic) bond motifs is 2. The molecule has 1 aromatic carbocycles. The molecule has 1 saturated carbocycles. The van der Waals surface area contributed by atoms with Crippen molar-refractivity contribution in [2.24, 2.45) is 11.8 Å². The molecule has 2 amide bonds. The van der Waals surface area contributed by atoms with Crippen LogP contribution in [0.3, 0.4) is 0 Å². The van der Waals surface area contributed by atoms with E-state index in [1.807, 2.05) is 41.5 Å². The lowest BCUT2D eigenvalue weighted by Crippen LogP contribution is -2.45. The van der Waals surface area contributed by atoms with Crippen molar-refractivity contribution in [2.45, 2.75) is 33.2 Å². The van der Waals surface area contributed by atoms with Gasteiger partial charge in [-0.05, 0) is 44.6 Å². The van der Waals surface area contributed by atoms with E-state index in [1.54, 1.807) is 17.5 Å². The highest BCUT2D eigenvalue weighted by Crippen LogP contribution is 2.50. The van der Waals surface area contributed by atoms with E-state index >= 15 is 0 Å². The molecule has 0 bridgehead atoms. The Morgan fingerprint density at radius 3 is 2.85 bits per heavy atom. The maximum absolute atomic E-state index is 13.7. The van der Waals surface area contributed by atoms with E-state index in [2.05, 4.69) is 34.3 Å². The summed E-state index contributed by atoms with van der Waals surface area (Å²) in [6.07, 6.45) is 4.73. The summed E-state index contributed by atoms with van der Waals surface area (Å²) >= 11 is 2.95. The number of hydrogen-bond acceptors (Lipinski definition) is 6. The number of hydrogen-bond donors (Lipinski definition) is 1. The predicted octanol–water partition coefficient (Wildman–Crippen LogP) is 4.34. The number of likely N-dealkylation sites (tertiary alicyclic amines) is 1. The number of nitrogens with one attached hydrogen (secondary N) is 1. The minimum absolute atomic E-state index is 0.00170. The molecule has 0 unspecified atom stereocenters. The minimum Gasteiger partial charge on any atom is -0.349 e. The summed E-state index contributed by atoms with van der Waals surface area (Å²) in [6.45, 7) is 7.12. The second-order valence-corrected chi connectivity index (χ2v) is 11.5. The number of rotatable bonds is 5. The average molecular weight is 492 g/mol. The number of carbonyl (C=O) groups excluding carboxylic acids is 2. The molecule has 6 rings (SSSR count). The van der Waals surface area contributed by atoms with Crippen molar-refractivity contribution in [2.75, 3.05) is 13.1 Å². The van der Waals surface area contributed by atoms with Crippen LogP contribution in [-0.2, 0) is 0 Å². The number of piperidine rings is 1. The van der Waals surface area contributed by atoms with Crippen molar-refractivity contribution in [1.82, 2.24) is 24.6 Å². The van der Waals surface area contributed by atoms with E-state index < -0.39 is 0 Å². The Morgan fingerprint density at radius 1 is 1.21 bits per heavy atom. The summed E-state index contributed by atoms with van der Waals surface area (Å²) in [5.41, 5.74) is 3.60. The van der Waals surface area contributed by atoms with Crippen LogP contribution in [0.15, 0.2) is 36.7 Å². The van der Waals surface area contributed by atoms with Crippen LogP contribution in [0.1, 0.15) is 42.8 Å². The Labute approximate surface area is 205 Å². The van der Waals surface area contributed by atoms with Crippen molar-refractivity contribution in [3.63, 3.8) is 0 Å². The van der Waals surface area contributed by atoms with Crippen LogP contribution in [0, 0.1) is 32.6 Å². The average Bonchev–Trinajstić information content (AvgIpc) is 3.18. The molecule has 9 heteroatoms. The van der Waals surface area contributed by atoms with Crippen LogP contribution in [0.4, 0.5) is 0 Å². The molecule has 3 aromatic heterocycles. The van der Waals surface area contributed by atoms with Crippen LogP contribution in [-0.4, -0.2) is 50.2 Å². The van der Waals surface area contributed by atoms with Gasteiger partial charge < -0.3 is 10.2 Å². The van der Waals surface area contributed by atoms with E-state index in [9.17, 15) is 9.59 Å². The van der Waals surface area contributed by atoms with Gasteiger partial charge >= 0.3 is 0 Å². The third-order valence-corrected chi connectivity index (χ3v) is 9.14. The first kappa shape index (κ1) is 21.5. The van der Waals surface area contributed by atoms with Gasteiger partial charge in [0.25, 0.3) is 11.8 Å². The molecular weight excluding hydrogens is 466 g/mol. The smallest absolute Gasteiger partial charge is 0.274 e. The second-order valence-electron chi connectivity index (χ2n) is 9.27. The zero-order valence-corrected chi connectivity index (χ0v) is 20.9. The van der Waals surface area contributed by atoms with E-state index in [1.165, 1.54) is 11.3 Å². The van der Waals surface area contributed by atoms with Gasteiger partial charge in [0.15, 0.2) is 4.96 Å². The largest absolute Gasteiger partial charge is 0.349 e. The van der Waals surface area contributed by atoms with E-state index in [0.29, 0.717) is 29.0 Å². The summed E-state index contributed by atoms with van der Waals surface area (Å²) < 4.78 is 1.93. The molecule has 4 aromatic rings. The van der Waals surface area contributed by atoms with Crippen LogP contribution in [0.5, 0.6) is 0 Å². The lowest BCUT2D eigenvalue weighted by molar-refractivity contribution is 0.0690. The summed E-state index contributed by atoms with van der Waals surface area (Å²) in [4.78, 5) is 40.0. The quantitative estimate of drug-likeness (QED) is 0.451. The van der Waals surface area contributed by atoms with Gasteiger partial charge in [-0.1, -0.05) is 41.2 Å². The molecule has 1 aliphatic carbocycles. The lowest BCUT2D eigenvalue weighted by Gasteiger charge is -2.27. The minimum atomic E-state index is -0.102. The molecule has 3 atom stereocenters. The SMILES string of the molecule is Cc1cccc(-c2sc(C)nc2C(=O)N2C[C@H]3C[C@H]3[C@H]2CNC(=O)c2sc3nccn3c2C)c1. The van der Waals surface area contributed by atoms with Crippen molar-refractivity contribution in [1.29, 1.82) is 0 Å². The number of amides is 2. The number of thiazole rings is 2. The fourth-order valence-corrected chi connectivity index (χ4v) is 7.05. The van der Waals surface area contributed by atoms with Gasteiger partial charge in [0.2, 0.25) is 0 Å². The molecule has 7 nitrogen and oxygen atoms in total. The van der Waals surface area contributed by atoms with Crippen molar-refractivity contribution >= 4 is 39.4 Å². The first-order valence-corrected chi connectivity index (χ1v) is 13.1. The highest BCUT2D eigenvalue weighted by atomic mass is 32.1. The zero-order chi connectivity index (χ0) is 23.6. The first-order valence-electron chi connectivity index (χ1n) is 11.5. The fraction of sp³-hybridized carbons (Fsp3) is 0.360. The molecule has 1 aliphatic heterocycles. The standard InChI is InChI=1S/C25H25N5O2S2/c1-13-5-4-6-16(9-13)22-20(28-15(3)33-22)24(32)30-12-17-10-18(17)19(30)11-27-23(31)21-14(2)29-8-7-26-25(29)34-21/h4-9,17-19H,10-12H2,1-3H3,(H,27,31)/t17-,18-,19-/m1/s1. The summed E-state index contributed by atoms with van der Waals surface area (Å²) in [5.74, 6) is 0.848. The van der Waals surface area contributed by atoms with Crippen LogP contribution in [0.2, 0.25) is 0 Å². The Bertz CT molecular complexity index is 1430. The summed E-state index contributed by atoms with van der Waals surface area (Å²) in [5, 5.41) is 3.99.